The van der Waals surface area contributed by atoms with E-state index in [1.54, 1.807) is 30.3 Å². The number of amides is 2. The molecule has 1 N–H and O–H groups in total. The Hall–Kier alpha value is -3.02. The third-order valence-electron chi connectivity index (χ3n) is 3.74. The first kappa shape index (κ1) is 16.8. The summed E-state index contributed by atoms with van der Waals surface area (Å²) in [4.78, 5) is 25.8. The number of imide groups is 1. The maximum absolute atomic E-state index is 12.3. The molecule has 6 heteroatoms. The standard InChI is InChI=1S/C19H19NO5/c1-12(2)25-16-8-7-13(21)11-17(16)24-10-9-20-18(22)14-5-3-4-6-15(14)19(20)23/h3-8,11-12,21H,9-10H2,1-2H3. The molecule has 0 radical (unpaired) electrons. The molecule has 0 fully saturated rings. The summed E-state index contributed by atoms with van der Waals surface area (Å²) in [6, 6.07) is 11.3. The van der Waals surface area contributed by atoms with E-state index in [0.717, 1.165) is 4.90 Å². The highest BCUT2D eigenvalue weighted by molar-refractivity contribution is 6.21. The van der Waals surface area contributed by atoms with Gasteiger partial charge in [0.15, 0.2) is 11.5 Å². The van der Waals surface area contributed by atoms with Crippen LogP contribution in [0, 0.1) is 0 Å². The molecular weight excluding hydrogens is 322 g/mol. The quantitative estimate of drug-likeness (QED) is 0.818. The predicted molar refractivity (Wildman–Crippen MR) is 91.2 cm³/mol. The Labute approximate surface area is 145 Å². The topological polar surface area (TPSA) is 76.1 Å². The molecule has 1 aliphatic heterocycles. The zero-order valence-corrected chi connectivity index (χ0v) is 14.1. The van der Waals surface area contributed by atoms with Gasteiger partial charge in [-0.3, -0.25) is 14.5 Å². The zero-order valence-electron chi connectivity index (χ0n) is 14.1. The summed E-state index contributed by atoms with van der Waals surface area (Å²) in [5, 5.41) is 9.63. The maximum Gasteiger partial charge on any atom is 0.261 e. The largest absolute Gasteiger partial charge is 0.508 e. The molecule has 130 valence electrons. The van der Waals surface area contributed by atoms with E-state index in [4.69, 9.17) is 9.47 Å². The predicted octanol–water partition coefficient (Wildman–Crippen LogP) is 2.85. The van der Waals surface area contributed by atoms with E-state index in [1.165, 1.54) is 12.1 Å². The summed E-state index contributed by atoms with van der Waals surface area (Å²) in [6.45, 7) is 3.98. The van der Waals surface area contributed by atoms with Crippen LogP contribution in [0.2, 0.25) is 0 Å². The zero-order chi connectivity index (χ0) is 18.0. The summed E-state index contributed by atoms with van der Waals surface area (Å²) >= 11 is 0. The molecule has 0 aromatic heterocycles. The first-order valence-corrected chi connectivity index (χ1v) is 8.05. The van der Waals surface area contributed by atoms with Crippen LogP contribution in [0.5, 0.6) is 17.2 Å². The van der Waals surface area contributed by atoms with E-state index in [1.807, 2.05) is 13.8 Å². The summed E-state index contributed by atoms with van der Waals surface area (Å²) < 4.78 is 11.3. The van der Waals surface area contributed by atoms with Crippen molar-refractivity contribution in [3.63, 3.8) is 0 Å². The van der Waals surface area contributed by atoms with Gasteiger partial charge in [0.1, 0.15) is 12.4 Å². The van der Waals surface area contributed by atoms with Crippen LogP contribution < -0.4 is 9.47 Å². The highest BCUT2D eigenvalue weighted by atomic mass is 16.5. The van der Waals surface area contributed by atoms with Crippen LogP contribution in [0.1, 0.15) is 34.6 Å². The van der Waals surface area contributed by atoms with E-state index >= 15 is 0 Å². The molecule has 0 aliphatic carbocycles. The minimum Gasteiger partial charge on any atom is -0.508 e. The minimum atomic E-state index is -0.321. The number of hydrogen-bond acceptors (Lipinski definition) is 5. The van der Waals surface area contributed by atoms with Crippen molar-refractivity contribution in [3.05, 3.63) is 53.6 Å². The lowest BCUT2D eigenvalue weighted by Gasteiger charge is -2.17. The number of fused-ring (bicyclic) bond motifs is 1. The fourth-order valence-corrected chi connectivity index (χ4v) is 2.65. The van der Waals surface area contributed by atoms with E-state index in [2.05, 4.69) is 0 Å². The van der Waals surface area contributed by atoms with Crippen molar-refractivity contribution < 1.29 is 24.2 Å². The number of benzene rings is 2. The Morgan fingerprint density at radius 3 is 2.24 bits per heavy atom. The third kappa shape index (κ3) is 3.42. The van der Waals surface area contributed by atoms with E-state index in [-0.39, 0.29) is 36.8 Å². The molecule has 0 spiro atoms. The number of phenols is 1. The molecule has 0 bridgehead atoms. The second-order valence-electron chi connectivity index (χ2n) is 5.95. The van der Waals surface area contributed by atoms with Gasteiger partial charge in [-0.05, 0) is 38.1 Å². The SMILES string of the molecule is CC(C)Oc1ccc(O)cc1OCCN1C(=O)c2ccccc2C1=O. The van der Waals surface area contributed by atoms with Crippen molar-refractivity contribution in [2.24, 2.45) is 0 Å². The van der Waals surface area contributed by atoms with Gasteiger partial charge in [-0.1, -0.05) is 12.1 Å². The van der Waals surface area contributed by atoms with Gasteiger partial charge < -0.3 is 14.6 Å². The summed E-state index contributed by atoms with van der Waals surface area (Å²) in [5.41, 5.74) is 0.822. The van der Waals surface area contributed by atoms with E-state index < -0.39 is 0 Å². The molecule has 1 heterocycles. The average molecular weight is 341 g/mol. The Bertz CT molecular complexity index is 780. The van der Waals surface area contributed by atoms with Crippen LogP contribution >= 0.6 is 0 Å². The van der Waals surface area contributed by atoms with Gasteiger partial charge >= 0.3 is 0 Å². The fourth-order valence-electron chi connectivity index (χ4n) is 2.65. The molecule has 0 unspecified atom stereocenters. The molecule has 0 atom stereocenters. The van der Waals surface area contributed by atoms with Gasteiger partial charge in [0.25, 0.3) is 11.8 Å². The molecule has 2 amide bonds. The van der Waals surface area contributed by atoms with Crippen LogP contribution in [0.3, 0.4) is 0 Å². The number of phenolic OH excluding ortho intramolecular Hbond substituents is 1. The van der Waals surface area contributed by atoms with Gasteiger partial charge in [0, 0.05) is 6.07 Å². The maximum atomic E-state index is 12.3. The third-order valence-corrected chi connectivity index (χ3v) is 3.74. The Morgan fingerprint density at radius 2 is 1.64 bits per heavy atom. The molecule has 2 aromatic rings. The van der Waals surface area contributed by atoms with Crippen LogP contribution in [0.15, 0.2) is 42.5 Å². The monoisotopic (exact) mass is 341 g/mol. The molecule has 0 saturated carbocycles. The smallest absolute Gasteiger partial charge is 0.261 e. The van der Waals surface area contributed by atoms with Crippen molar-refractivity contribution in [3.8, 4) is 17.2 Å². The molecular formula is C19H19NO5. The Balaban J connectivity index is 1.67. The van der Waals surface area contributed by atoms with Crippen molar-refractivity contribution in [2.75, 3.05) is 13.2 Å². The van der Waals surface area contributed by atoms with Crippen molar-refractivity contribution >= 4 is 11.8 Å². The summed E-state index contributed by atoms with van der Waals surface area (Å²) in [6.07, 6.45) is -0.0527. The molecule has 25 heavy (non-hydrogen) atoms. The molecule has 3 rings (SSSR count). The van der Waals surface area contributed by atoms with Gasteiger partial charge in [0.2, 0.25) is 0 Å². The van der Waals surface area contributed by atoms with Crippen molar-refractivity contribution in [2.45, 2.75) is 20.0 Å². The van der Waals surface area contributed by atoms with Crippen molar-refractivity contribution in [1.29, 1.82) is 0 Å². The van der Waals surface area contributed by atoms with Crippen LogP contribution in [-0.2, 0) is 0 Å². The van der Waals surface area contributed by atoms with Gasteiger partial charge in [-0.25, -0.2) is 0 Å². The highest BCUT2D eigenvalue weighted by Gasteiger charge is 2.34. The van der Waals surface area contributed by atoms with E-state index in [9.17, 15) is 14.7 Å². The van der Waals surface area contributed by atoms with Crippen LogP contribution in [-0.4, -0.2) is 41.1 Å². The highest BCUT2D eigenvalue weighted by Crippen LogP contribution is 2.32. The van der Waals surface area contributed by atoms with Crippen LogP contribution in [0.4, 0.5) is 0 Å². The number of carbonyl (C=O) groups excluding carboxylic acids is 2. The number of aromatic hydroxyl groups is 1. The molecule has 1 aliphatic rings. The summed E-state index contributed by atoms with van der Waals surface area (Å²) in [5.74, 6) is 0.268. The minimum absolute atomic E-state index is 0.0480. The molecule has 6 nitrogen and oxygen atoms in total. The van der Waals surface area contributed by atoms with Gasteiger partial charge in [-0.2, -0.15) is 0 Å². The van der Waals surface area contributed by atoms with Gasteiger partial charge in [-0.15, -0.1) is 0 Å². The van der Waals surface area contributed by atoms with Crippen molar-refractivity contribution in [1.82, 2.24) is 4.90 Å². The Morgan fingerprint density at radius 1 is 1.00 bits per heavy atom. The fraction of sp³-hybridized carbons (Fsp3) is 0.263. The van der Waals surface area contributed by atoms with Crippen LogP contribution in [0.25, 0.3) is 0 Å². The lowest BCUT2D eigenvalue weighted by Crippen LogP contribution is -2.33. The summed E-state index contributed by atoms with van der Waals surface area (Å²) in [7, 11) is 0. The number of hydrogen-bond donors (Lipinski definition) is 1. The van der Waals surface area contributed by atoms with Gasteiger partial charge in [0.05, 0.1) is 23.8 Å². The molecule has 0 saturated heterocycles. The second-order valence-corrected chi connectivity index (χ2v) is 5.95. The average Bonchev–Trinajstić information content (AvgIpc) is 2.82. The number of ether oxygens (including phenoxy) is 2. The number of carbonyl (C=O) groups is 2. The molecule has 2 aromatic carbocycles. The van der Waals surface area contributed by atoms with E-state index in [0.29, 0.717) is 22.6 Å². The lowest BCUT2D eigenvalue weighted by molar-refractivity contribution is 0.0630. The Kier molecular flexibility index (Phi) is 4.61. The first-order valence-electron chi connectivity index (χ1n) is 8.05. The first-order chi connectivity index (χ1) is 12.0. The number of nitrogens with zero attached hydrogens (tertiary/aromatic N) is 1. The lowest BCUT2D eigenvalue weighted by atomic mass is 10.1. The number of rotatable bonds is 6. The normalized spacial score (nSPS) is 13.3. The second kappa shape index (κ2) is 6.84.